The maximum Gasteiger partial charge on any atom is 0.349 e. The summed E-state index contributed by atoms with van der Waals surface area (Å²) < 4.78 is 5.21. The molecule has 0 unspecified atom stereocenters. The molecule has 1 aromatic carbocycles. The third-order valence-electron chi connectivity index (χ3n) is 3.53. The zero-order chi connectivity index (χ0) is 14.1. The third-order valence-corrected chi connectivity index (χ3v) is 3.53. The number of fused-ring (bicyclic) bond motifs is 1. The summed E-state index contributed by atoms with van der Waals surface area (Å²) in [5, 5.41) is 4.03. The molecule has 1 aliphatic rings. The highest BCUT2D eigenvalue weighted by Gasteiger charge is 2.24. The molecular formula is C15H17ClN2O3. The maximum absolute atomic E-state index is 12.4. The van der Waals surface area contributed by atoms with Gasteiger partial charge in [0.25, 0.3) is 5.91 Å². The molecule has 1 amide bonds. The van der Waals surface area contributed by atoms with Gasteiger partial charge >= 0.3 is 5.63 Å². The van der Waals surface area contributed by atoms with Crippen molar-refractivity contribution in [3.05, 3.63) is 46.3 Å². The fourth-order valence-electron chi connectivity index (χ4n) is 2.50. The van der Waals surface area contributed by atoms with E-state index in [1.807, 2.05) is 19.1 Å². The van der Waals surface area contributed by atoms with Gasteiger partial charge in [-0.05, 0) is 19.1 Å². The van der Waals surface area contributed by atoms with E-state index < -0.39 is 5.63 Å². The van der Waals surface area contributed by atoms with Gasteiger partial charge in [0.15, 0.2) is 0 Å². The molecule has 21 heavy (non-hydrogen) atoms. The molecule has 112 valence electrons. The van der Waals surface area contributed by atoms with Crippen molar-refractivity contribution in [2.45, 2.75) is 13.0 Å². The Labute approximate surface area is 128 Å². The van der Waals surface area contributed by atoms with E-state index >= 15 is 0 Å². The molecule has 1 aromatic heterocycles. The Morgan fingerprint density at radius 2 is 2.14 bits per heavy atom. The average Bonchev–Trinajstić information content (AvgIpc) is 2.46. The molecule has 1 fully saturated rings. The monoisotopic (exact) mass is 308 g/mol. The normalized spacial score (nSPS) is 18.3. The number of nitrogens with zero attached hydrogens (tertiary/aromatic N) is 1. The second-order valence-corrected chi connectivity index (χ2v) is 5.09. The summed E-state index contributed by atoms with van der Waals surface area (Å²) in [7, 11) is 0. The number of carbonyl (C=O) groups excluding carboxylic acids is 1. The Morgan fingerprint density at radius 3 is 2.90 bits per heavy atom. The smallest absolute Gasteiger partial charge is 0.349 e. The van der Waals surface area contributed by atoms with Crippen molar-refractivity contribution in [3.63, 3.8) is 0 Å². The molecule has 1 aliphatic heterocycles. The van der Waals surface area contributed by atoms with Crippen molar-refractivity contribution in [1.82, 2.24) is 10.2 Å². The number of rotatable bonds is 1. The standard InChI is InChI=1S/C15H16N2O3.ClH/c1-10-9-17(7-6-16-10)14(18)12-8-11-4-2-3-5-13(11)20-15(12)19;/h2-5,8,10,16H,6-7,9H2,1H3;1H/t10-;/m0./s1. The van der Waals surface area contributed by atoms with Gasteiger partial charge in [-0.3, -0.25) is 4.79 Å². The summed E-state index contributed by atoms with van der Waals surface area (Å²) in [5.41, 5.74) is 0.0421. The highest BCUT2D eigenvalue weighted by atomic mass is 35.5. The molecule has 0 radical (unpaired) electrons. The third kappa shape index (κ3) is 3.09. The van der Waals surface area contributed by atoms with Crippen molar-refractivity contribution in [1.29, 1.82) is 0 Å². The average molecular weight is 309 g/mol. The topological polar surface area (TPSA) is 62.6 Å². The molecule has 6 heteroatoms. The first-order chi connectivity index (χ1) is 9.65. The first-order valence-electron chi connectivity index (χ1n) is 6.71. The van der Waals surface area contributed by atoms with Crippen LogP contribution in [0.3, 0.4) is 0 Å². The lowest BCUT2D eigenvalue weighted by Gasteiger charge is -2.31. The van der Waals surface area contributed by atoms with E-state index in [9.17, 15) is 9.59 Å². The molecule has 0 saturated carbocycles. The van der Waals surface area contributed by atoms with Gasteiger partial charge in [-0.1, -0.05) is 18.2 Å². The minimum absolute atomic E-state index is 0. The van der Waals surface area contributed by atoms with Crippen LogP contribution in [0.15, 0.2) is 39.5 Å². The lowest BCUT2D eigenvalue weighted by molar-refractivity contribution is 0.0705. The van der Waals surface area contributed by atoms with Gasteiger partial charge in [0.2, 0.25) is 0 Å². The number of halogens is 1. The summed E-state index contributed by atoms with van der Waals surface area (Å²) in [4.78, 5) is 26.1. The van der Waals surface area contributed by atoms with E-state index in [1.165, 1.54) is 0 Å². The quantitative estimate of drug-likeness (QED) is 0.814. The molecule has 5 nitrogen and oxygen atoms in total. The highest BCUT2D eigenvalue weighted by Crippen LogP contribution is 2.14. The Kier molecular flexibility index (Phi) is 4.65. The van der Waals surface area contributed by atoms with Crippen molar-refractivity contribution < 1.29 is 9.21 Å². The van der Waals surface area contributed by atoms with Gasteiger partial charge in [-0.15, -0.1) is 12.4 Å². The Hall–Kier alpha value is -1.85. The lowest BCUT2D eigenvalue weighted by Crippen LogP contribution is -2.51. The fourth-order valence-corrected chi connectivity index (χ4v) is 2.50. The minimum Gasteiger partial charge on any atom is -0.422 e. The van der Waals surface area contributed by atoms with Crippen LogP contribution in [0.4, 0.5) is 0 Å². The van der Waals surface area contributed by atoms with Crippen LogP contribution >= 0.6 is 12.4 Å². The molecular weight excluding hydrogens is 292 g/mol. The van der Waals surface area contributed by atoms with E-state index in [2.05, 4.69) is 5.32 Å². The first kappa shape index (κ1) is 15.5. The molecule has 0 spiro atoms. The number of hydrogen-bond acceptors (Lipinski definition) is 4. The molecule has 0 aliphatic carbocycles. The number of hydrogen-bond donors (Lipinski definition) is 1. The van der Waals surface area contributed by atoms with Crippen molar-refractivity contribution in [2.75, 3.05) is 19.6 Å². The van der Waals surface area contributed by atoms with Crippen LogP contribution in [0.5, 0.6) is 0 Å². The Bertz CT molecular complexity index is 713. The van der Waals surface area contributed by atoms with Gasteiger partial charge in [0.1, 0.15) is 11.1 Å². The van der Waals surface area contributed by atoms with E-state index in [-0.39, 0.29) is 29.9 Å². The maximum atomic E-state index is 12.4. The first-order valence-corrected chi connectivity index (χ1v) is 6.71. The second kappa shape index (κ2) is 6.28. The SMILES string of the molecule is C[C@H]1CN(C(=O)c2cc3ccccc3oc2=O)CCN1.Cl. The van der Waals surface area contributed by atoms with Crippen LogP contribution in [-0.2, 0) is 0 Å². The van der Waals surface area contributed by atoms with Crippen LogP contribution < -0.4 is 10.9 Å². The predicted octanol–water partition coefficient (Wildman–Crippen LogP) is 1.65. The molecule has 3 rings (SSSR count). The summed E-state index contributed by atoms with van der Waals surface area (Å²) >= 11 is 0. The predicted molar refractivity (Wildman–Crippen MR) is 83.1 cm³/mol. The number of benzene rings is 1. The van der Waals surface area contributed by atoms with Gasteiger partial charge in [0.05, 0.1) is 0 Å². The van der Waals surface area contributed by atoms with E-state index in [0.29, 0.717) is 18.7 Å². The molecule has 0 bridgehead atoms. The van der Waals surface area contributed by atoms with Gasteiger partial charge in [-0.2, -0.15) is 0 Å². The Balaban J connectivity index is 0.00000161. The van der Waals surface area contributed by atoms with Crippen LogP contribution in [-0.4, -0.2) is 36.5 Å². The van der Waals surface area contributed by atoms with E-state index in [0.717, 1.165) is 11.9 Å². The van der Waals surface area contributed by atoms with E-state index in [4.69, 9.17) is 4.42 Å². The lowest BCUT2D eigenvalue weighted by atomic mass is 10.1. The fraction of sp³-hybridized carbons (Fsp3) is 0.333. The van der Waals surface area contributed by atoms with Gasteiger partial charge in [-0.25, -0.2) is 4.79 Å². The van der Waals surface area contributed by atoms with Crippen molar-refractivity contribution in [3.8, 4) is 0 Å². The highest BCUT2D eigenvalue weighted by molar-refractivity contribution is 5.96. The number of piperazine rings is 1. The number of carbonyl (C=O) groups is 1. The van der Waals surface area contributed by atoms with Crippen molar-refractivity contribution in [2.24, 2.45) is 0 Å². The largest absolute Gasteiger partial charge is 0.422 e. The molecule has 1 atom stereocenters. The van der Waals surface area contributed by atoms with Gasteiger partial charge in [0, 0.05) is 31.1 Å². The number of nitrogens with one attached hydrogen (secondary N) is 1. The minimum atomic E-state index is -0.570. The summed E-state index contributed by atoms with van der Waals surface area (Å²) in [6.07, 6.45) is 0. The number of para-hydroxylation sites is 1. The van der Waals surface area contributed by atoms with Crippen molar-refractivity contribution >= 4 is 29.3 Å². The molecule has 1 saturated heterocycles. The van der Waals surface area contributed by atoms with Crippen LogP contribution in [0.25, 0.3) is 11.0 Å². The Morgan fingerprint density at radius 1 is 1.38 bits per heavy atom. The summed E-state index contributed by atoms with van der Waals surface area (Å²) in [6.45, 7) is 3.97. The van der Waals surface area contributed by atoms with Crippen LogP contribution in [0.2, 0.25) is 0 Å². The van der Waals surface area contributed by atoms with Crippen LogP contribution in [0.1, 0.15) is 17.3 Å². The summed E-state index contributed by atoms with van der Waals surface area (Å²) in [6, 6.07) is 9.05. The zero-order valence-corrected chi connectivity index (χ0v) is 12.5. The molecule has 2 heterocycles. The van der Waals surface area contributed by atoms with Gasteiger partial charge < -0.3 is 14.6 Å². The van der Waals surface area contributed by atoms with Crippen LogP contribution in [0, 0.1) is 0 Å². The van der Waals surface area contributed by atoms with E-state index in [1.54, 1.807) is 23.1 Å². The second-order valence-electron chi connectivity index (χ2n) is 5.09. The number of amides is 1. The molecule has 1 N–H and O–H groups in total. The zero-order valence-electron chi connectivity index (χ0n) is 11.7. The summed E-state index contributed by atoms with van der Waals surface area (Å²) in [5.74, 6) is -0.252. The molecule has 2 aromatic rings.